The van der Waals surface area contributed by atoms with E-state index in [1.807, 2.05) is 20.8 Å². The van der Waals surface area contributed by atoms with Crippen molar-refractivity contribution in [2.45, 2.75) is 33.2 Å². The van der Waals surface area contributed by atoms with Crippen molar-refractivity contribution >= 4 is 17.7 Å². The maximum atomic E-state index is 11.3. The van der Waals surface area contributed by atoms with Crippen LogP contribution >= 0.6 is 0 Å². The molecule has 21 heavy (non-hydrogen) atoms. The number of alkyl carbamates (subject to hydrolysis) is 1. The minimum Gasteiger partial charge on any atom is -0.453 e. The van der Waals surface area contributed by atoms with Gasteiger partial charge in [0.15, 0.2) is 0 Å². The summed E-state index contributed by atoms with van der Waals surface area (Å²) in [6.07, 6.45) is 0.500. The number of anilines is 2. The molecule has 1 fully saturated rings. The van der Waals surface area contributed by atoms with Crippen molar-refractivity contribution in [1.29, 1.82) is 0 Å². The fourth-order valence-electron chi connectivity index (χ4n) is 2.56. The molecule has 116 valence electrons. The number of aromatic nitrogens is 2. The van der Waals surface area contributed by atoms with E-state index in [0.29, 0.717) is 0 Å². The Morgan fingerprint density at radius 1 is 1.43 bits per heavy atom. The molecule has 1 atom stereocenters. The Morgan fingerprint density at radius 3 is 2.86 bits per heavy atom. The van der Waals surface area contributed by atoms with Crippen LogP contribution in [0.15, 0.2) is 0 Å². The average Bonchev–Trinajstić information content (AvgIpc) is 2.90. The molecule has 7 nitrogen and oxygen atoms in total. The highest BCUT2D eigenvalue weighted by molar-refractivity contribution is 5.68. The highest BCUT2D eigenvalue weighted by Gasteiger charge is 2.27. The Morgan fingerprint density at radius 2 is 2.19 bits per heavy atom. The number of carbonyl (C=O) groups is 1. The van der Waals surface area contributed by atoms with Gasteiger partial charge in [0.05, 0.1) is 13.2 Å². The quantitative estimate of drug-likeness (QED) is 0.875. The van der Waals surface area contributed by atoms with Crippen LogP contribution in [-0.2, 0) is 4.74 Å². The number of nitrogens with one attached hydrogen (secondary N) is 2. The first-order valence-electron chi connectivity index (χ1n) is 7.23. The van der Waals surface area contributed by atoms with Gasteiger partial charge in [-0.1, -0.05) is 0 Å². The number of ether oxygens (including phenoxy) is 1. The standard InChI is InChI=1S/C14H23N5O2/c1-5-15-12-9(2)13(17-10(3)16-12)19-7-6-11(8-19)18-14(20)21-4/h11H,5-8H2,1-4H3,(H,18,20)(H,15,16,17). The number of aryl methyl sites for hydroxylation is 1. The normalized spacial score (nSPS) is 17.7. The third-order valence-corrected chi connectivity index (χ3v) is 3.57. The van der Waals surface area contributed by atoms with Gasteiger partial charge in [-0.2, -0.15) is 0 Å². The molecular weight excluding hydrogens is 270 g/mol. The summed E-state index contributed by atoms with van der Waals surface area (Å²) in [6.45, 7) is 8.37. The van der Waals surface area contributed by atoms with Crippen LogP contribution in [0.25, 0.3) is 0 Å². The third-order valence-electron chi connectivity index (χ3n) is 3.57. The van der Waals surface area contributed by atoms with Crippen molar-refractivity contribution in [3.8, 4) is 0 Å². The molecule has 1 aliphatic heterocycles. The van der Waals surface area contributed by atoms with E-state index in [1.165, 1.54) is 7.11 Å². The van der Waals surface area contributed by atoms with Gasteiger partial charge in [-0.05, 0) is 27.2 Å². The first-order chi connectivity index (χ1) is 10.0. The summed E-state index contributed by atoms with van der Waals surface area (Å²) in [5.41, 5.74) is 1.04. The van der Waals surface area contributed by atoms with Crippen LogP contribution < -0.4 is 15.5 Å². The maximum absolute atomic E-state index is 11.3. The molecule has 1 aromatic heterocycles. The van der Waals surface area contributed by atoms with Crippen molar-refractivity contribution in [3.63, 3.8) is 0 Å². The van der Waals surface area contributed by atoms with E-state index in [1.54, 1.807) is 0 Å². The fraction of sp³-hybridized carbons (Fsp3) is 0.643. The summed E-state index contributed by atoms with van der Waals surface area (Å²) >= 11 is 0. The second-order valence-corrected chi connectivity index (χ2v) is 5.17. The Bertz CT molecular complexity index is 520. The lowest BCUT2D eigenvalue weighted by molar-refractivity contribution is 0.167. The largest absolute Gasteiger partial charge is 0.453 e. The summed E-state index contributed by atoms with van der Waals surface area (Å²) in [6, 6.07) is 0.0923. The van der Waals surface area contributed by atoms with E-state index in [2.05, 4.69) is 30.2 Å². The summed E-state index contributed by atoms with van der Waals surface area (Å²) in [4.78, 5) is 22.5. The average molecular weight is 293 g/mol. The Labute approximate surface area is 125 Å². The number of carbonyl (C=O) groups excluding carboxylic acids is 1. The molecule has 2 rings (SSSR count). The summed E-state index contributed by atoms with van der Waals surface area (Å²) in [5.74, 6) is 2.56. The van der Waals surface area contributed by atoms with Gasteiger partial charge >= 0.3 is 6.09 Å². The Hall–Kier alpha value is -2.05. The fourth-order valence-corrected chi connectivity index (χ4v) is 2.56. The van der Waals surface area contributed by atoms with E-state index in [0.717, 1.165) is 49.1 Å². The van der Waals surface area contributed by atoms with Crippen LogP contribution in [0.5, 0.6) is 0 Å². The summed E-state index contributed by atoms with van der Waals surface area (Å²) in [7, 11) is 1.38. The van der Waals surface area contributed by atoms with E-state index < -0.39 is 0 Å². The van der Waals surface area contributed by atoms with Crippen LogP contribution in [0.2, 0.25) is 0 Å². The molecule has 0 radical (unpaired) electrons. The van der Waals surface area contributed by atoms with Crippen molar-refractivity contribution in [3.05, 3.63) is 11.4 Å². The van der Waals surface area contributed by atoms with Gasteiger partial charge in [0, 0.05) is 25.2 Å². The number of nitrogens with zero attached hydrogens (tertiary/aromatic N) is 3. The zero-order valence-electron chi connectivity index (χ0n) is 13.1. The van der Waals surface area contributed by atoms with Gasteiger partial charge in [-0.3, -0.25) is 0 Å². The first kappa shape index (κ1) is 15.3. The molecule has 0 aromatic carbocycles. The number of amides is 1. The van der Waals surface area contributed by atoms with Crippen LogP contribution in [0, 0.1) is 13.8 Å². The molecule has 0 bridgehead atoms. The van der Waals surface area contributed by atoms with Crippen molar-refractivity contribution < 1.29 is 9.53 Å². The molecule has 2 N–H and O–H groups in total. The monoisotopic (exact) mass is 293 g/mol. The van der Waals surface area contributed by atoms with Crippen LogP contribution in [0.3, 0.4) is 0 Å². The third kappa shape index (κ3) is 3.53. The highest BCUT2D eigenvalue weighted by Crippen LogP contribution is 2.26. The van der Waals surface area contributed by atoms with Crippen LogP contribution in [-0.4, -0.2) is 48.8 Å². The number of methoxy groups -OCH3 is 1. The molecule has 7 heteroatoms. The van der Waals surface area contributed by atoms with Crippen molar-refractivity contribution in [2.75, 3.05) is 37.0 Å². The lowest BCUT2D eigenvalue weighted by atomic mass is 10.2. The van der Waals surface area contributed by atoms with Crippen LogP contribution in [0.1, 0.15) is 24.7 Å². The second-order valence-electron chi connectivity index (χ2n) is 5.17. The molecular formula is C14H23N5O2. The van der Waals surface area contributed by atoms with Gasteiger partial charge in [-0.25, -0.2) is 14.8 Å². The van der Waals surface area contributed by atoms with E-state index in [9.17, 15) is 4.79 Å². The molecule has 0 saturated carbocycles. The van der Waals surface area contributed by atoms with Gasteiger partial charge in [-0.15, -0.1) is 0 Å². The number of rotatable bonds is 4. The molecule has 1 amide bonds. The van der Waals surface area contributed by atoms with Crippen LogP contribution in [0.4, 0.5) is 16.4 Å². The van der Waals surface area contributed by atoms with Gasteiger partial charge < -0.3 is 20.3 Å². The van der Waals surface area contributed by atoms with Gasteiger partial charge in [0.25, 0.3) is 0 Å². The Balaban J connectivity index is 2.14. The lowest BCUT2D eigenvalue weighted by Crippen LogP contribution is -2.37. The minimum absolute atomic E-state index is 0.0923. The number of hydrogen-bond donors (Lipinski definition) is 2. The maximum Gasteiger partial charge on any atom is 0.407 e. The van der Waals surface area contributed by atoms with Crippen molar-refractivity contribution in [2.24, 2.45) is 0 Å². The number of hydrogen-bond acceptors (Lipinski definition) is 6. The molecule has 1 aliphatic rings. The summed E-state index contributed by atoms with van der Waals surface area (Å²) < 4.78 is 4.64. The smallest absolute Gasteiger partial charge is 0.407 e. The predicted octanol–water partition coefficient (Wildman–Crippen LogP) is 1.46. The first-order valence-corrected chi connectivity index (χ1v) is 7.23. The molecule has 1 unspecified atom stereocenters. The molecule has 1 aromatic rings. The van der Waals surface area contributed by atoms with Gasteiger partial charge in [0.1, 0.15) is 17.5 Å². The molecule has 2 heterocycles. The lowest BCUT2D eigenvalue weighted by Gasteiger charge is -2.21. The molecule has 0 aliphatic carbocycles. The van der Waals surface area contributed by atoms with E-state index >= 15 is 0 Å². The zero-order chi connectivity index (χ0) is 15.4. The van der Waals surface area contributed by atoms with Gasteiger partial charge in [0.2, 0.25) is 0 Å². The van der Waals surface area contributed by atoms with E-state index in [-0.39, 0.29) is 12.1 Å². The second kappa shape index (κ2) is 6.60. The topological polar surface area (TPSA) is 79.4 Å². The van der Waals surface area contributed by atoms with E-state index in [4.69, 9.17) is 0 Å². The molecule has 1 saturated heterocycles. The predicted molar refractivity (Wildman–Crippen MR) is 81.8 cm³/mol. The zero-order valence-corrected chi connectivity index (χ0v) is 13.1. The SMILES string of the molecule is CCNc1nc(C)nc(N2CCC(NC(=O)OC)C2)c1C. The summed E-state index contributed by atoms with van der Waals surface area (Å²) in [5, 5.41) is 6.11. The minimum atomic E-state index is -0.384. The molecule has 0 spiro atoms. The Kier molecular flexibility index (Phi) is 4.82. The van der Waals surface area contributed by atoms with Crippen molar-refractivity contribution in [1.82, 2.24) is 15.3 Å². The highest BCUT2D eigenvalue weighted by atomic mass is 16.5.